The lowest BCUT2D eigenvalue weighted by atomic mass is 9.83. The molecule has 1 saturated carbocycles. The molecule has 2 fully saturated rings. The zero-order chi connectivity index (χ0) is 12.6. The topological polar surface area (TPSA) is 49.4 Å². The minimum atomic E-state index is -0.357. The van der Waals surface area contributed by atoms with E-state index >= 15 is 0 Å². The highest BCUT2D eigenvalue weighted by Crippen LogP contribution is 2.41. The average Bonchev–Trinajstić information content (AvgIpc) is 2.86. The third kappa shape index (κ3) is 1.60. The minimum Gasteiger partial charge on any atom is -0.336 e. The number of para-hydroxylation sites is 1. The number of rotatable bonds is 1. The van der Waals surface area contributed by atoms with Crippen LogP contribution >= 0.6 is 0 Å². The van der Waals surface area contributed by atoms with Gasteiger partial charge in [0, 0.05) is 6.54 Å². The van der Waals surface area contributed by atoms with E-state index in [1.54, 1.807) is 12.1 Å². The molecule has 0 unspecified atom stereocenters. The summed E-state index contributed by atoms with van der Waals surface area (Å²) in [5.74, 6) is -0.0325. The predicted molar refractivity (Wildman–Crippen MR) is 68.2 cm³/mol. The van der Waals surface area contributed by atoms with Gasteiger partial charge in [-0.05, 0) is 25.0 Å². The highest BCUT2D eigenvalue weighted by Gasteiger charge is 2.49. The van der Waals surface area contributed by atoms with Crippen molar-refractivity contribution in [3.8, 4) is 0 Å². The molecule has 2 aliphatic rings. The number of imide groups is 1. The first-order valence-electron chi connectivity index (χ1n) is 6.40. The Balaban J connectivity index is 1.97. The van der Waals surface area contributed by atoms with Gasteiger partial charge in [0.2, 0.25) is 5.91 Å². The maximum Gasteiger partial charge on any atom is 0.328 e. The Kier molecular flexibility index (Phi) is 2.58. The predicted octanol–water partition coefficient (Wildman–Crippen LogP) is 2.30. The maximum atomic E-state index is 12.6. The van der Waals surface area contributed by atoms with Crippen molar-refractivity contribution in [2.24, 2.45) is 5.41 Å². The summed E-state index contributed by atoms with van der Waals surface area (Å²) in [5.41, 5.74) is 0.301. The Labute approximate surface area is 106 Å². The van der Waals surface area contributed by atoms with Crippen LogP contribution < -0.4 is 10.2 Å². The van der Waals surface area contributed by atoms with Crippen LogP contribution in [-0.4, -0.2) is 18.5 Å². The molecule has 4 nitrogen and oxygen atoms in total. The van der Waals surface area contributed by atoms with Gasteiger partial charge in [-0.25, -0.2) is 9.69 Å². The SMILES string of the molecule is O=C1NCC2(CCCC2)C(=O)N1c1ccccc1. The van der Waals surface area contributed by atoms with Crippen LogP contribution in [0, 0.1) is 5.41 Å². The molecule has 0 radical (unpaired) electrons. The number of anilines is 1. The molecule has 1 saturated heterocycles. The van der Waals surface area contributed by atoms with E-state index in [0.717, 1.165) is 25.7 Å². The monoisotopic (exact) mass is 244 g/mol. The van der Waals surface area contributed by atoms with Gasteiger partial charge in [-0.1, -0.05) is 31.0 Å². The number of carbonyl (C=O) groups excluding carboxylic acids is 2. The highest BCUT2D eigenvalue weighted by atomic mass is 16.2. The standard InChI is InChI=1S/C14H16N2O2/c17-12-14(8-4-5-9-14)10-15-13(18)16(12)11-6-2-1-3-7-11/h1-3,6-7H,4-5,8-10H2,(H,15,18). The molecule has 4 heteroatoms. The van der Waals surface area contributed by atoms with Crippen molar-refractivity contribution in [2.75, 3.05) is 11.4 Å². The lowest BCUT2D eigenvalue weighted by Gasteiger charge is -2.38. The lowest BCUT2D eigenvalue weighted by molar-refractivity contribution is -0.127. The first-order chi connectivity index (χ1) is 8.73. The van der Waals surface area contributed by atoms with Gasteiger partial charge in [0.1, 0.15) is 0 Å². The van der Waals surface area contributed by atoms with Crippen LogP contribution in [0.15, 0.2) is 30.3 Å². The van der Waals surface area contributed by atoms with Crippen LogP contribution in [0.25, 0.3) is 0 Å². The van der Waals surface area contributed by atoms with Crippen molar-refractivity contribution >= 4 is 17.6 Å². The first kappa shape index (κ1) is 11.3. The fourth-order valence-electron chi connectivity index (χ4n) is 2.98. The second-order valence-corrected chi connectivity index (χ2v) is 5.12. The number of carbonyl (C=O) groups is 2. The average molecular weight is 244 g/mol. The summed E-state index contributed by atoms with van der Waals surface area (Å²) in [4.78, 5) is 25.9. The Hall–Kier alpha value is -1.84. The van der Waals surface area contributed by atoms with E-state index in [2.05, 4.69) is 5.32 Å². The lowest BCUT2D eigenvalue weighted by Crippen LogP contribution is -2.60. The normalized spacial score (nSPS) is 22.3. The van der Waals surface area contributed by atoms with Crippen molar-refractivity contribution in [3.63, 3.8) is 0 Å². The van der Waals surface area contributed by atoms with Gasteiger partial charge in [0.05, 0.1) is 11.1 Å². The molecule has 3 amide bonds. The van der Waals surface area contributed by atoms with Crippen LogP contribution in [-0.2, 0) is 4.79 Å². The number of hydrogen-bond donors (Lipinski definition) is 1. The summed E-state index contributed by atoms with van der Waals surface area (Å²) in [6.45, 7) is 0.494. The molecule has 1 aliphatic carbocycles. The zero-order valence-corrected chi connectivity index (χ0v) is 10.2. The smallest absolute Gasteiger partial charge is 0.328 e. The van der Waals surface area contributed by atoms with E-state index in [0.29, 0.717) is 12.2 Å². The van der Waals surface area contributed by atoms with Crippen molar-refractivity contribution in [2.45, 2.75) is 25.7 Å². The Morgan fingerprint density at radius 2 is 1.72 bits per heavy atom. The van der Waals surface area contributed by atoms with E-state index in [1.165, 1.54) is 4.90 Å². The molecule has 1 spiro atoms. The van der Waals surface area contributed by atoms with Crippen molar-refractivity contribution in [1.82, 2.24) is 5.32 Å². The summed E-state index contributed by atoms with van der Waals surface area (Å²) in [7, 11) is 0. The first-order valence-corrected chi connectivity index (χ1v) is 6.40. The molecule has 94 valence electrons. The summed E-state index contributed by atoms with van der Waals surface area (Å²) in [6.07, 6.45) is 3.92. The molecule has 18 heavy (non-hydrogen) atoms. The summed E-state index contributed by atoms with van der Waals surface area (Å²) in [6, 6.07) is 8.85. The molecule has 0 bridgehead atoms. The van der Waals surface area contributed by atoms with Gasteiger partial charge in [0.25, 0.3) is 0 Å². The molecule has 1 aliphatic heterocycles. The number of nitrogens with zero attached hydrogens (tertiary/aromatic N) is 1. The third-order valence-electron chi connectivity index (χ3n) is 4.01. The summed E-state index contributed by atoms with van der Waals surface area (Å²) >= 11 is 0. The third-order valence-corrected chi connectivity index (χ3v) is 4.01. The number of benzene rings is 1. The van der Waals surface area contributed by atoms with Gasteiger partial charge in [-0.2, -0.15) is 0 Å². The Morgan fingerprint density at radius 3 is 2.39 bits per heavy atom. The molecule has 3 rings (SSSR count). The number of amides is 3. The second-order valence-electron chi connectivity index (χ2n) is 5.12. The van der Waals surface area contributed by atoms with Crippen LogP contribution in [0.1, 0.15) is 25.7 Å². The molecule has 1 aromatic carbocycles. The van der Waals surface area contributed by atoms with Gasteiger partial charge in [0.15, 0.2) is 0 Å². The van der Waals surface area contributed by atoms with E-state index < -0.39 is 0 Å². The zero-order valence-electron chi connectivity index (χ0n) is 10.2. The van der Waals surface area contributed by atoms with E-state index in [9.17, 15) is 9.59 Å². The number of hydrogen-bond acceptors (Lipinski definition) is 2. The summed E-state index contributed by atoms with van der Waals surface area (Å²) in [5, 5.41) is 2.86. The van der Waals surface area contributed by atoms with Crippen LogP contribution in [0.2, 0.25) is 0 Å². The number of nitrogens with one attached hydrogen (secondary N) is 1. The highest BCUT2D eigenvalue weighted by molar-refractivity contribution is 6.18. The molecular weight excluding hydrogens is 228 g/mol. The maximum absolute atomic E-state index is 12.6. The van der Waals surface area contributed by atoms with Crippen LogP contribution in [0.3, 0.4) is 0 Å². The van der Waals surface area contributed by atoms with Crippen LogP contribution in [0.4, 0.5) is 10.5 Å². The molecule has 0 atom stereocenters. The van der Waals surface area contributed by atoms with Crippen molar-refractivity contribution in [3.05, 3.63) is 30.3 Å². The largest absolute Gasteiger partial charge is 0.336 e. The Morgan fingerprint density at radius 1 is 1.06 bits per heavy atom. The molecular formula is C14H16N2O2. The molecule has 1 N–H and O–H groups in total. The number of urea groups is 1. The van der Waals surface area contributed by atoms with Gasteiger partial charge < -0.3 is 5.32 Å². The fourth-order valence-corrected chi connectivity index (χ4v) is 2.98. The van der Waals surface area contributed by atoms with Crippen molar-refractivity contribution in [1.29, 1.82) is 0 Å². The van der Waals surface area contributed by atoms with E-state index in [-0.39, 0.29) is 17.4 Å². The van der Waals surface area contributed by atoms with Gasteiger partial charge >= 0.3 is 6.03 Å². The van der Waals surface area contributed by atoms with Gasteiger partial charge in [-0.3, -0.25) is 4.79 Å². The van der Waals surface area contributed by atoms with E-state index in [1.807, 2.05) is 18.2 Å². The molecule has 0 aromatic heterocycles. The minimum absolute atomic E-state index is 0.0325. The van der Waals surface area contributed by atoms with Gasteiger partial charge in [-0.15, -0.1) is 0 Å². The quantitative estimate of drug-likeness (QED) is 0.824. The fraction of sp³-hybridized carbons (Fsp3) is 0.429. The van der Waals surface area contributed by atoms with Crippen molar-refractivity contribution < 1.29 is 9.59 Å². The second kappa shape index (κ2) is 4.12. The summed E-state index contributed by atoms with van der Waals surface area (Å²) < 4.78 is 0. The van der Waals surface area contributed by atoms with Crippen LogP contribution in [0.5, 0.6) is 0 Å². The molecule has 1 aromatic rings. The molecule has 1 heterocycles. The Bertz CT molecular complexity index is 478. The van der Waals surface area contributed by atoms with E-state index in [4.69, 9.17) is 0 Å².